The first-order valence-electron chi connectivity index (χ1n) is 10.2. The van der Waals surface area contributed by atoms with E-state index in [9.17, 15) is 14.4 Å². The van der Waals surface area contributed by atoms with Gasteiger partial charge in [0.05, 0.1) is 12.8 Å². The normalized spacial score (nSPS) is 16.6. The Bertz CT molecular complexity index is 1070. The fourth-order valence-corrected chi connectivity index (χ4v) is 3.63. The van der Waals surface area contributed by atoms with Crippen LogP contribution in [0.2, 0.25) is 0 Å². The number of carbonyl (C=O) groups excluding carboxylic acids is 1. The molecule has 10 nitrogen and oxygen atoms in total. The molecule has 1 amide bonds. The van der Waals surface area contributed by atoms with Gasteiger partial charge in [-0.25, -0.2) is 9.59 Å². The predicted molar refractivity (Wildman–Crippen MR) is 108 cm³/mol. The number of aromatic amines is 1. The molecule has 0 radical (unpaired) electrons. The molecule has 1 aliphatic heterocycles. The van der Waals surface area contributed by atoms with Crippen molar-refractivity contribution in [1.82, 2.24) is 14.9 Å². The third kappa shape index (κ3) is 4.69. The van der Waals surface area contributed by atoms with Gasteiger partial charge in [-0.05, 0) is 24.3 Å². The molecule has 1 saturated heterocycles. The second kappa shape index (κ2) is 8.68. The maximum atomic E-state index is 12.6. The zero-order valence-corrected chi connectivity index (χ0v) is 16.8. The summed E-state index contributed by atoms with van der Waals surface area (Å²) < 4.78 is 9.83. The molecule has 2 aliphatic rings. The number of aryl methyl sites for hydroxylation is 1. The summed E-state index contributed by atoms with van der Waals surface area (Å²) in [5, 5.41) is 4.30. The summed E-state index contributed by atoms with van der Waals surface area (Å²) in [5.41, 5.74) is 0.343. The van der Waals surface area contributed by atoms with E-state index in [4.69, 9.17) is 14.0 Å². The Morgan fingerprint density at radius 3 is 2.80 bits per heavy atom. The summed E-state index contributed by atoms with van der Waals surface area (Å²) >= 11 is 0. The second-order valence-corrected chi connectivity index (χ2v) is 7.68. The Kier molecular flexibility index (Phi) is 5.82. The maximum absolute atomic E-state index is 12.6. The van der Waals surface area contributed by atoms with E-state index in [1.165, 1.54) is 26.0 Å². The minimum absolute atomic E-state index is 0.0524. The molecular formula is C20H24N4O6. The molecule has 0 bridgehead atoms. The summed E-state index contributed by atoms with van der Waals surface area (Å²) in [6, 6.07) is 1.22. The third-order valence-electron chi connectivity index (χ3n) is 5.46. The average molecular weight is 416 g/mol. The molecule has 2 fully saturated rings. The Morgan fingerprint density at radius 2 is 2.10 bits per heavy atom. The zero-order chi connectivity index (χ0) is 21.1. The molecule has 10 heteroatoms. The SMILES string of the molecule is COC(=O)N1CCC(=NOc2nc3oc(=O)cc(CCCC4CC4)c3c(=O)[nH]2)CC1. The van der Waals surface area contributed by atoms with E-state index in [2.05, 4.69) is 15.1 Å². The number of hydrogen-bond donors (Lipinski definition) is 1. The molecule has 1 saturated carbocycles. The minimum Gasteiger partial charge on any atom is -0.453 e. The van der Waals surface area contributed by atoms with Crippen LogP contribution in [0.4, 0.5) is 4.79 Å². The van der Waals surface area contributed by atoms with Crippen LogP contribution >= 0.6 is 0 Å². The van der Waals surface area contributed by atoms with Gasteiger partial charge in [-0.1, -0.05) is 24.4 Å². The van der Waals surface area contributed by atoms with Gasteiger partial charge in [-0.15, -0.1) is 0 Å². The van der Waals surface area contributed by atoms with Crippen molar-refractivity contribution in [3.8, 4) is 6.01 Å². The Morgan fingerprint density at radius 1 is 1.33 bits per heavy atom. The summed E-state index contributed by atoms with van der Waals surface area (Å²) in [6.07, 6.45) is 5.84. The van der Waals surface area contributed by atoms with Gasteiger partial charge in [0.1, 0.15) is 5.39 Å². The second-order valence-electron chi connectivity index (χ2n) is 7.68. The van der Waals surface area contributed by atoms with Crippen LogP contribution in [0.1, 0.15) is 44.1 Å². The number of nitrogens with zero attached hydrogens (tertiary/aromatic N) is 3. The van der Waals surface area contributed by atoms with E-state index in [0.717, 1.165) is 24.5 Å². The van der Waals surface area contributed by atoms with Gasteiger partial charge in [0, 0.05) is 32.0 Å². The molecule has 2 aromatic rings. The smallest absolute Gasteiger partial charge is 0.409 e. The molecule has 3 heterocycles. The number of aromatic nitrogens is 2. The van der Waals surface area contributed by atoms with Crippen molar-refractivity contribution in [2.24, 2.45) is 11.1 Å². The molecule has 0 aromatic carbocycles. The Labute approximate surface area is 171 Å². The van der Waals surface area contributed by atoms with E-state index < -0.39 is 11.2 Å². The molecule has 1 N–H and O–H groups in total. The van der Waals surface area contributed by atoms with Crippen LogP contribution in [0, 0.1) is 5.92 Å². The fourth-order valence-electron chi connectivity index (χ4n) is 3.63. The number of hydrogen-bond acceptors (Lipinski definition) is 8. The number of fused-ring (bicyclic) bond motifs is 1. The van der Waals surface area contributed by atoms with Crippen LogP contribution in [-0.2, 0) is 11.2 Å². The molecule has 0 atom stereocenters. The number of amides is 1. The predicted octanol–water partition coefficient (Wildman–Crippen LogP) is 2.21. The van der Waals surface area contributed by atoms with Crippen LogP contribution in [0.15, 0.2) is 25.2 Å². The number of piperidine rings is 1. The van der Waals surface area contributed by atoms with Gasteiger partial charge in [0.15, 0.2) is 0 Å². The van der Waals surface area contributed by atoms with Crippen molar-refractivity contribution in [2.75, 3.05) is 20.2 Å². The minimum atomic E-state index is -0.547. The van der Waals surface area contributed by atoms with Crippen LogP contribution in [0.5, 0.6) is 6.01 Å². The first-order chi connectivity index (χ1) is 14.5. The number of H-pyrrole nitrogens is 1. The number of carbonyl (C=O) groups is 1. The van der Waals surface area contributed by atoms with Gasteiger partial charge < -0.3 is 18.9 Å². The highest BCUT2D eigenvalue weighted by atomic mass is 16.6. The van der Waals surface area contributed by atoms with Gasteiger partial charge in [-0.2, -0.15) is 4.98 Å². The van der Waals surface area contributed by atoms with Crippen molar-refractivity contribution >= 4 is 22.9 Å². The van der Waals surface area contributed by atoms with E-state index >= 15 is 0 Å². The molecule has 30 heavy (non-hydrogen) atoms. The number of nitrogens with one attached hydrogen (secondary N) is 1. The number of oxime groups is 1. The molecule has 0 unspecified atom stereocenters. The van der Waals surface area contributed by atoms with E-state index in [1.807, 2.05) is 0 Å². The third-order valence-corrected chi connectivity index (χ3v) is 5.46. The molecular weight excluding hydrogens is 392 g/mol. The monoisotopic (exact) mass is 416 g/mol. The van der Waals surface area contributed by atoms with Crippen molar-refractivity contribution < 1.29 is 18.8 Å². The van der Waals surface area contributed by atoms with Gasteiger partial charge in [0.25, 0.3) is 5.56 Å². The molecule has 2 aromatic heterocycles. The standard InChI is InChI=1S/C20H24N4O6/c1-28-20(27)24-9-7-14(8-10-24)23-30-19-21-17(26)16-13(4-2-3-12-5-6-12)11-15(25)29-18(16)22-19/h11-12H,2-10H2,1H3,(H,21,22,26). The van der Waals surface area contributed by atoms with E-state index in [1.54, 1.807) is 4.90 Å². The lowest BCUT2D eigenvalue weighted by Gasteiger charge is -2.25. The highest BCUT2D eigenvalue weighted by molar-refractivity contribution is 5.86. The zero-order valence-electron chi connectivity index (χ0n) is 16.8. The van der Waals surface area contributed by atoms with Gasteiger partial charge in [-0.3, -0.25) is 9.78 Å². The van der Waals surface area contributed by atoms with Crippen molar-refractivity contribution in [3.63, 3.8) is 0 Å². The number of ether oxygens (including phenoxy) is 1. The van der Waals surface area contributed by atoms with Crippen molar-refractivity contribution in [3.05, 3.63) is 32.4 Å². The maximum Gasteiger partial charge on any atom is 0.409 e. The van der Waals surface area contributed by atoms with Crippen LogP contribution < -0.4 is 16.0 Å². The molecule has 4 rings (SSSR count). The number of likely N-dealkylation sites (tertiary alicyclic amines) is 1. The van der Waals surface area contributed by atoms with Crippen LogP contribution in [-0.4, -0.2) is 46.9 Å². The molecule has 0 spiro atoms. The van der Waals surface area contributed by atoms with Gasteiger partial charge in [0.2, 0.25) is 5.71 Å². The average Bonchev–Trinajstić information content (AvgIpc) is 3.56. The fraction of sp³-hybridized carbons (Fsp3) is 0.550. The Balaban J connectivity index is 1.48. The van der Waals surface area contributed by atoms with Gasteiger partial charge >= 0.3 is 17.7 Å². The Hall–Kier alpha value is -3.17. The number of methoxy groups -OCH3 is 1. The van der Waals surface area contributed by atoms with E-state index in [0.29, 0.717) is 37.9 Å². The molecule has 1 aliphatic carbocycles. The van der Waals surface area contributed by atoms with Crippen molar-refractivity contribution in [1.29, 1.82) is 0 Å². The quantitative estimate of drug-likeness (QED) is 0.715. The largest absolute Gasteiger partial charge is 0.453 e. The number of rotatable bonds is 6. The first kappa shape index (κ1) is 20.1. The first-order valence-corrected chi connectivity index (χ1v) is 10.2. The lowest BCUT2D eigenvalue weighted by molar-refractivity contribution is 0.123. The van der Waals surface area contributed by atoms with Crippen LogP contribution in [0.3, 0.4) is 0 Å². The van der Waals surface area contributed by atoms with E-state index in [-0.39, 0.29) is 23.2 Å². The highest BCUT2D eigenvalue weighted by Crippen LogP contribution is 2.34. The van der Waals surface area contributed by atoms with Crippen LogP contribution in [0.25, 0.3) is 11.1 Å². The summed E-state index contributed by atoms with van der Waals surface area (Å²) in [6.45, 7) is 0.936. The topological polar surface area (TPSA) is 127 Å². The summed E-state index contributed by atoms with van der Waals surface area (Å²) in [5.74, 6) is 0.784. The summed E-state index contributed by atoms with van der Waals surface area (Å²) in [7, 11) is 1.34. The summed E-state index contributed by atoms with van der Waals surface area (Å²) in [4.78, 5) is 49.6. The highest BCUT2D eigenvalue weighted by Gasteiger charge is 2.22. The molecule has 160 valence electrons. The lowest BCUT2D eigenvalue weighted by atomic mass is 10.1. The van der Waals surface area contributed by atoms with Crippen molar-refractivity contribution in [2.45, 2.75) is 44.9 Å². The lowest BCUT2D eigenvalue weighted by Crippen LogP contribution is -2.38.